The number of rotatable bonds is 40. The van der Waals surface area contributed by atoms with Crippen LogP contribution in [0.4, 0.5) is 5.69 Å². The molecule has 6 N–H and O–H groups in total. The number of ether oxygens (including phenoxy) is 6. The summed E-state index contributed by atoms with van der Waals surface area (Å²) in [4.78, 5) is 111. The first-order valence-electron chi connectivity index (χ1n) is 28.2. The third kappa shape index (κ3) is 25.9. The van der Waals surface area contributed by atoms with Crippen molar-refractivity contribution in [1.29, 1.82) is 0 Å². The molecule has 0 spiro atoms. The summed E-state index contributed by atoms with van der Waals surface area (Å²) >= 11 is 1.10. The summed E-state index contributed by atoms with van der Waals surface area (Å²) in [7, 11) is 3.61. The van der Waals surface area contributed by atoms with Gasteiger partial charge in [-0.2, -0.15) is 0 Å². The van der Waals surface area contributed by atoms with E-state index in [-0.39, 0.29) is 117 Å². The summed E-state index contributed by atoms with van der Waals surface area (Å²) in [6, 6.07) is 2.67. The molecule has 0 saturated carbocycles. The number of piperidine rings is 1. The van der Waals surface area contributed by atoms with Gasteiger partial charge in [-0.15, -0.1) is 11.3 Å². The number of likely N-dealkylation sites (tertiary alicyclic amines) is 1. The lowest BCUT2D eigenvalue weighted by atomic mass is 9.92. The minimum Gasteiger partial charge on any atom is -0.481 e. The first-order chi connectivity index (χ1) is 39.0. The summed E-state index contributed by atoms with van der Waals surface area (Å²) in [5, 5.41) is 26.0. The highest BCUT2D eigenvalue weighted by Crippen LogP contribution is 2.32. The third-order valence-corrected chi connectivity index (χ3v) is 14.7. The minimum absolute atomic E-state index is 0.00219. The monoisotopic (exact) mass is 1170 g/mol. The van der Waals surface area contributed by atoms with E-state index in [2.05, 4.69) is 44.7 Å². The molecule has 0 bridgehead atoms. The van der Waals surface area contributed by atoms with E-state index in [0.29, 0.717) is 68.5 Å². The predicted octanol–water partition coefficient (Wildman–Crippen LogP) is 5.20. The first kappa shape index (κ1) is 70.0. The number of esters is 1. The lowest BCUT2D eigenvalue weighted by Crippen LogP contribution is -2.58. The van der Waals surface area contributed by atoms with E-state index in [1.165, 1.54) is 32.2 Å². The average molecular weight is 1170 g/mol. The highest BCUT2D eigenvalue weighted by atomic mass is 32.1. The number of carbonyl (C=O) groups excluding carboxylic acids is 7. The fourth-order valence-electron chi connectivity index (χ4n) is 8.95. The van der Waals surface area contributed by atoms with E-state index in [0.717, 1.165) is 30.7 Å². The number of amides is 6. The summed E-state index contributed by atoms with van der Waals surface area (Å²) in [5.74, 6) is -4.18. The normalized spacial score (nSPS) is 15.6. The zero-order valence-corrected chi connectivity index (χ0v) is 50.3. The maximum Gasteiger partial charge on any atom is 0.306 e. The van der Waals surface area contributed by atoms with Gasteiger partial charge in [-0.25, -0.2) is 4.98 Å². The quantitative estimate of drug-likeness (QED) is 0.0216. The van der Waals surface area contributed by atoms with Crippen molar-refractivity contribution >= 4 is 64.4 Å². The highest BCUT2D eigenvalue weighted by molar-refractivity contribution is 7.09. The number of hydrogen-bond donors (Lipinski definition) is 6. The summed E-state index contributed by atoms with van der Waals surface area (Å²) in [5.41, 5.74) is 0.889. The molecule has 7 atom stereocenters. The van der Waals surface area contributed by atoms with Gasteiger partial charge in [-0.05, 0) is 74.9 Å². The second kappa shape index (κ2) is 37.7. The van der Waals surface area contributed by atoms with Gasteiger partial charge < -0.3 is 65.0 Å². The number of likely N-dealkylation sites (N-methyl/N-ethyl adjacent to an activating group) is 2. The number of aromatic nitrogens is 1. The number of hydrogen-bond acceptors (Lipinski definition) is 17. The Morgan fingerprint density at radius 3 is 2.12 bits per heavy atom. The van der Waals surface area contributed by atoms with Gasteiger partial charge in [-0.3, -0.25) is 43.3 Å². The molecular weight excluding hydrogens is 1080 g/mol. The van der Waals surface area contributed by atoms with Crippen LogP contribution in [0.15, 0.2) is 48.6 Å². The molecule has 3 rings (SSSR count). The van der Waals surface area contributed by atoms with Crippen molar-refractivity contribution in [1.82, 2.24) is 36.1 Å². The van der Waals surface area contributed by atoms with Crippen molar-refractivity contribution in [3.63, 3.8) is 0 Å². The Kier molecular flexibility index (Phi) is 32.2. The van der Waals surface area contributed by atoms with E-state index >= 15 is 0 Å². The molecule has 2 aromatic rings. The van der Waals surface area contributed by atoms with E-state index < -0.39 is 53.9 Å². The number of nitrogens with one attached hydrogen (secondary N) is 5. The largest absolute Gasteiger partial charge is 0.481 e. The standard InChI is InChI=1S/C58H90N8O15S/c1-12-38(5)53(64-55(72)47-16-14-15-23-65(47)10)57(73)66(11)48(37(3)4)35-50(81-42(9)68)56-63-46(36-82-56)54(71)61-44(32-39(6)58(74)75)33-43-17-18-49(80-40(7)19-24-76-28-30-78-26-21-59-41(8)67)45(34-43)62-52(70)20-25-77-29-31-79-27-22-60-51(69)13-2/h13,17-18,34,36-39,44,47-48,50,53H,2,7,12,14-16,19-33,35H2,1,3-6,8-11H3,(H,59,67)(H,60,69)(H,61,71)(H,62,70)(H,64,72)(H,74,75)/t38-,39?,44+,47+,48+,50+,53-/m0/s1. The number of aliphatic carboxylic acids is 1. The number of thiazole rings is 1. The number of carboxylic acid groups (broad SMARTS) is 1. The Labute approximate surface area is 487 Å². The van der Waals surface area contributed by atoms with E-state index in [9.17, 15) is 43.5 Å². The SMILES string of the molecule is C=CC(=O)NCCOCCOCCC(=O)Nc1cc(C[C@@H](CC(C)C(=O)O)NC(=O)c2csc([C@@H](C[C@H](C(C)C)N(C)C(=O)[C@@H](NC(=O)[C@H]3CCCCN3C)[C@@H](C)CC)OC(C)=O)n2)ccc1OC(=C)CCOCCOCCNC(C)=O. The number of anilines is 1. The molecule has 2 heterocycles. The van der Waals surface area contributed by atoms with E-state index in [1.54, 1.807) is 30.1 Å². The zero-order valence-electron chi connectivity index (χ0n) is 49.5. The summed E-state index contributed by atoms with van der Waals surface area (Å²) < 4.78 is 34.2. The maximum absolute atomic E-state index is 14.4. The van der Waals surface area contributed by atoms with Crippen LogP contribution in [-0.2, 0) is 63.7 Å². The van der Waals surface area contributed by atoms with Crippen LogP contribution in [0.1, 0.15) is 127 Å². The van der Waals surface area contributed by atoms with Crippen molar-refractivity contribution in [3.8, 4) is 5.75 Å². The highest BCUT2D eigenvalue weighted by Gasteiger charge is 2.37. The average Bonchev–Trinajstić information content (AvgIpc) is 3.97. The molecule has 23 nitrogen and oxygen atoms in total. The Morgan fingerprint density at radius 2 is 1.52 bits per heavy atom. The molecule has 1 aliphatic heterocycles. The van der Waals surface area contributed by atoms with Gasteiger partial charge in [0.1, 0.15) is 22.5 Å². The number of carbonyl (C=O) groups is 8. The van der Waals surface area contributed by atoms with Crippen LogP contribution in [0.3, 0.4) is 0 Å². The van der Waals surface area contributed by atoms with Gasteiger partial charge in [-0.1, -0.05) is 66.7 Å². The second-order valence-electron chi connectivity index (χ2n) is 20.8. The summed E-state index contributed by atoms with van der Waals surface area (Å²) in [6.07, 6.45) is 4.03. The van der Waals surface area contributed by atoms with Crippen LogP contribution >= 0.6 is 11.3 Å². The maximum atomic E-state index is 14.4. The first-order valence-corrected chi connectivity index (χ1v) is 29.1. The zero-order chi connectivity index (χ0) is 60.7. The van der Waals surface area contributed by atoms with Crippen LogP contribution in [-0.4, -0.2) is 178 Å². The lowest BCUT2D eigenvalue weighted by molar-refractivity contribution is -0.149. The molecule has 0 aliphatic carbocycles. The predicted molar refractivity (Wildman–Crippen MR) is 310 cm³/mol. The molecule has 82 heavy (non-hydrogen) atoms. The van der Waals surface area contributed by atoms with Gasteiger partial charge in [0.15, 0.2) is 6.10 Å². The van der Waals surface area contributed by atoms with Gasteiger partial charge in [0, 0.05) is 64.3 Å². The number of nitrogens with zero attached hydrogens (tertiary/aromatic N) is 3. The molecule has 1 unspecified atom stereocenters. The molecule has 1 saturated heterocycles. The Bertz CT molecular complexity index is 2400. The van der Waals surface area contributed by atoms with Crippen LogP contribution in [0.5, 0.6) is 5.75 Å². The Hall–Kier alpha value is -6.31. The van der Waals surface area contributed by atoms with Gasteiger partial charge in [0.2, 0.25) is 29.5 Å². The smallest absolute Gasteiger partial charge is 0.306 e. The van der Waals surface area contributed by atoms with Crippen LogP contribution in [0, 0.1) is 17.8 Å². The van der Waals surface area contributed by atoms with E-state index in [4.69, 9.17) is 28.4 Å². The van der Waals surface area contributed by atoms with Crippen molar-refractivity contribution in [3.05, 3.63) is 64.8 Å². The van der Waals surface area contributed by atoms with Crippen molar-refractivity contribution in [2.45, 2.75) is 137 Å². The molecule has 0 radical (unpaired) electrons. The molecule has 1 aromatic heterocycles. The number of benzene rings is 1. The molecular formula is C58H90N8O15S. The van der Waals surface area contributed by atoms with Gasteiger partial charge in [0.25, 0.3) is 5.91 Å². The second-order valence-corrected chi connectivity index (χ2v) is 21.7. The van der Waals surface area contributed by atoms with Crippen molar-refractivity contribution in [2.75, 3.05) is 91.9 Å². The Balaban J connectivity index is 1.82. The molecule has 1 aromatic carbocycles. The molecule has 1 aliphatic rings. The lowest BCUT2D eigenvalue weighted by Gasteiger charge is -2.38. The van der Waals surface area contributed by atoms with Gasteiger partial charge in [0.05, 0.1) is 82.7 Å². The topological polar surface area (TPSA) is 292 Å². The number of carboxylic acids is 1. The Morgan fingerprint density at radius 1 is 0.878 bits per heavy atom. The molecule has 6 amide bonds. The van der Waals surface area contributed by atoms with Crippen molar-refractivity contribution in [2.24, 2.45) is 17.8 Å². The van der Waals surface area contributed by atoms with Crippen LogP contribution in [0.2, 0.25) is 0 Å². The van der Waals surface area contributed by atoms with Crippen molar-refractivity contribution < 1.29 is 71.9 Å². The van der Waals surface area contributed by atoms with Crippen LogP contribution < -0.4 is 31.3 Å². The summed E-state index contributed by atoms with van der Waals surface area (Å²) in [6.45, 7) is 22.9. The fraction of sp³-hybridized carbons (Fsp3) is 0.638. The molecule has 24 heteroatoms. The van der Waals surface area contributed by atoms with Gasteiger partial charge >= 0.3 is 11.9 Å². The molecule has 458 valence electrons. The minimum atomic E-state index is -1.07. The van der Waals surface area contributed by atoms with Crippen LogP contribution in [0.25, 0.3) is 0 Å². The molecule has 1 fully saturated rings. The van der Waals surface area contributed by atoms with E-state index in [1.807, 2.05) is 39.6 Å². The fourth-order valence-corrected chi connectivity index (χ4v) is 9.78. The third-order valence-electron chi connectivity index (χ3n) is 13.8.